The van der Waals surface area contributed by atoms with E-state index in [1.54, 1.807) is 0 Å². The fourth-order valence-electron chi connectivity index (χ4n) is 2.41. The van der Waals surface area contributed by atoms with Crippen LogP contribution < -0.4 is 16.0 Å². The molecule has 0 amide bonds. The fraction of sp³-hybridized carbons (Fsp3) is 0.0714. The summed E-state index contributed by atoms with van der Waals surface area (Å²) < 4.78 is 6.25. The summed E-state index contributed by atoms with van der Waals surface area (Å²) in [6.45, 7) is 0. The lowest BCUT2D eigenvalue weighted by Crippen LogP contribution is -2.28. The van der Waals surface area contributed by atoms with Crippen molar-refractivity contribution >= 4 is 28.1 Å². The van der Waals surface area contributed by atoms with E-state index in [0.29, 0.717) is 0 Å². The van der Waals surface area contributed by atoms with Crippen LogP contribution in [0.3, 0.4) is 0 Å². The summed E-state index contributed by atoms with van der Waals surface area (Å²) >= 11 is 8.38. The number of nitrogens with two attached hydrogens (primary N) is 1. The first kappa shape index (κ1) is 14.6. The smallest absolute Gasteiger partial charge is 0.259 e. The first-order chi connectivity index (χ1) is 10.5. The monoisotopic (exact) mass is 376 g/mol. The molecule has 0 radical (unpaired) electrons. The Balaban J connectivity index is 2.38. The maximum atomic E-state index is 12.3. The van der Waals surface area contributed by atoms with Crippen LogP contribution in [0.5, 0.6) is 5.88 Å². The molecular formula is C14H9BrN4O2S. The molecule has 1 aromatic carbocycles. The lowest BCUT2D eigenvalue weighted by molar-refractivity contribution is 0.374. The molecule has 0 saturated heterocycles. The van der Waals surface area contributed by atoms with Gasteiger partial charge in [-0.05, 0) is 23.8 Å². The molecule has 2 aromatic rings. The van der Waals surface area contributed by atoms with E-state index in [4.69, 9.17) is 22.7 Å². The van der Waals surface area contributed by atoms with E-state index in [9.17, 15) is 10.1 Å². The lowest BCUT2D eigenvalue weighted by Gasteiger charge is -2.25. The number of fused-ring (bicyclic) bond motifs is 1. The number of aromatic nitrogens is 2. The molecule has 0 bridgehead atoms. The molecule has 0 unspecified atom stereocenters. The van der Waals surface area contributed by atoms with E-state index >= 15 is 0 Å². The molecule has 2 heterocycles. The van der Waals surface area contributed by atoms with Gasteiger partial charge < -0.3 is 15.5 Å². The van der Waals surface area contributed by atoms with Crippen LogP contribution in [-0.4, -0.2) is 9.97 Å². The highest BCUT2D eigenvalue weighted by molar-refractivity contribution is 9.10. The van der Waals surface area contributed by atoms with Gasteiger partial charge in [0.2, 0.25) is 11.8 Å². The third-order valence-electron chi connectivity index (χ3n) is 3.33. The highest BCUT2D eigenvalue weighted by Gasteiger charge is 2.34. The molecule has 1 aliphatic heterocycles. The second-order valence-electron chi connectivity index (χ2n) is 4.60. The molecule has 3 rings (SSSR count). The van der Waals surface area contributed by atoms with Crippen LogP contribution >= 0.6 is 28.1 Å². The SMILES string of the molecule is N#CC1=C(N)Oc2[nH]c(=S)[nH]c(=O)c2[C@H]1c1ccccc1Br. The average molecular weight is 377 g/mol. The van der Waals surface area contributed by atoms with Gasteiger partial charge in [-0.3, -0.25) is 9.78 Å². The standard InChI is InChI=1S/C14H9BrN4O2S/c15-8-4-2-1-3-6(8)9-7(5-16)11(17)21-13-10(9)12(20)18-14(22)19-13/h1-4,9H,17H2,(H2,18,19,20,22)/t9-/m0/s1. The van der Waals surface area contributed by atoms with Crippen LogP contribution in [0.4, 0.5) is 0 Å². The number of ether oxygens (including phenoxy) is 1. The first-order valence-corrected chi connectivity index (χ1v) is 7.41. The maximum Gasteiger partial charge on any atom is 0.259 e. The maximum absolute atomic E-state index is 12.3. The number of nitrogens with zero attached hydrogens (tertiary/aromatic N) is 1. The third kappa shape index (κ3) is 2.24. The molecule has 1 aliphatic rings. The molecule has 8 heteroatoms. The second-order valence-corrected chi connectivity index (χ2v) is 5.86. The van der Waals surface area contributed by atoms with Crippen molar-refractivity contribution in [2.45, 2.75) is 5.92 Å². The number of hydrogen-bond acceptors (Lipinski definition) is 5. The van der Waals surface area contributed by atoms with Gasteiger partial charge in [-0.2, -0.15) is 5.26 Å². The van der Waals surface area contributed by atoms with Gasteiger partial charge in [0.1, 0.15) is 11.6 Å². The Kier molecular flexibility index (Phi) is 3.60. The highest BCUT2D eigenvalue weighted by Crippen LogP contribution is 2.41. The zero-order valence-corrected chi connectivity index (χ0v) is 13.4. The first-order valence-electron chi connectivity index (χ1n) is 6.21. The molecule has 0 spiro atoms. The molecule has 1 atom stereocenters. The molecule has 0 fully saturated rings. The van der Waals surface area contributed by atoms with Crippen LogP contribution in [0, 0.1) is 16.1 Å². The quantitative estimate of drug-likeness (QED) is 0.662. The average Bonchev–Trinajstić information content (AvgIpc) is 2.46. The summed E-state index contributed by atoms with van der Waals surface area (Å²) in [5.41, 5.74) is 6.60. The van der Waals surface area contributed by atoms with Crippen molar-refractivity contribution in [1.82, 2.24) is 9.97 Å². The Morgan fingerprint density at radius 2 is 2.09 bits per heavy atom. The minimum absolute atomic E-state index is 0.0491. The van der Waals surface area contributed by atoms with Crippen molar-refractivity contribution < 1.29 is 4.74 Å². The van der Waals surface area contributed by atoms with E-state index in [1.165, 1.54) is 0 Å². The van der Waals surface area contributed by atoms with Gasteiger partial charge in [-0.1, -0.05) is 34.1 Å². The second kappa shape index (κ2) is 5.44. The van der Waals surface area contributed by atoms with Gasteiger partial charge >= 0.3 is 0 Å². The van der Waals surface area contributed by atoms with Crippen LogP contribution in [-0.2, 0) is 0 Å². The normalized spacial score (nSPS) is 16.6. The summed E-state index contributed by atoms with van der Waals surface area (Å²) in [5, 5.41) is 9.43. The number of benzene rings is 1. The van der Waals surface area contributed by atoms with E-state index in [1.807, 2.05) is 30.3 Å². The zero-order valence-electron chi connectivity index (χ0n) is 11.0. The van der Waals surface area contributed by atoms with Crippen molar-refractivity contribution in [2.75, 3.05) is 0 Å². The van der Waals surface area contributed by atoms with E-state index in [-0.39, 0.29) is 27.7 Å². The van der Waals surface area contributed by atoms with Crippen LogP contribution in [0.2, 0.25) is 0 Å². The van der Waals surface area contributed by atoms with E-state index in [0.717, 1.165) is 10.0 Å². The number of allylic oxidation sites excluding steroid dienone is 1. The van der Waals surface area contributed by atoms with Gasteiger partial charge in [-0.15, -0.1) is 0 Å². The van der Waals surface area contributed by atoms with E-state index < -0.39 is 11.5 Å². The molecule has 1 aromatic heterocycles. The Labute approximate surface area is 138 Å². The fourth-order valence-corrected chi connectivity index (χ4v) is 3.11. The Morgan fingerprint density at radius 1 is 1.36 bits per heavy atom. The van der Waals surface area contributed by atoms with Crippen LogP contribution in [0.25, 0.3) is 0 Å². The Hall–Kier alpha value is -2.37. The van der Waals surface area contributed by atoms with E-state index in [2.05, 4.69) is 25.9 Å². The van der Waals surface area contributed by atoms with Gasteiger partial charge in [0.05, 0.1) is 11.5 Å². The summed E-state index contributed by atoms with van der Waals surface area (Å²) in [7, 11) is 0. The van der Waals surface area contributed by atoms with Crippen molar-refractivity contribution in [3.8, 4) is 11.9 Å². The van der Waals surface area contributed by atoms with Crippen molar-refractivity contribution in [2.24, 2.45) is 5.73 Å². The highest BCUT2D eigenvalue weighted by atomic mass is 79.9. The van der Waals surface area contributed by atoms with Crippen molar-refractivity contribution in [3.05, 3.63) is 66.4 Å². The molecular weight excluding hydrogens is 368 g/mol. The topological polar surface area (TPSA) is 108 Å². The van der Waals surface area contributed by atoms with Crippen molar-refractivity contribution in [1.29, 1.82) is 5.26 Å². The van der Waals surface area contributed by atoms with Gasteiger partial charge in [-0.25, -0.2) is 0 Å². The van der Waals surface area contributed by atoms with Gasteiger partial charge in [0.15, 0.2) is 4.77 Å². The molecule has 6 nitrogen and oxygen atoms in total. The number of H-pyrrole nitrogens is 2. The molecule has 4 N–H and O–H groups in total. The minimum Gasteiger partial charge on any atom is -0.424 e. The third-order valence-corrected chi connectivity index (χ3v) is 4.26. The summed E-state index contributed by atoms with van der Waals surface area (Å²) in [6.07, 6.45) is 0. The number of rotatable bonds is 1. The molecule has 0 aliphatic carbocycles. The lowest BCUT2D eigenvalue weighted by atomic mass is 9.85. The zero-order chi connectivity index (χ0) is 15.9. The van der Waals surface area contributed by atoms with Gasteiger partial charge in [0.25, 0.3) is 5.56 Å². The summed E-state index contributed by atoms with van der Waals surface area (Å²) in [5.74, 6) is -0.530. The van der Waals surface area contributed by atoms with Crippen LogP contribution in [0.1, 0.15) is 17.0 Å². The molecule has 22 heavy (non-hydrogen) atoms. The van der Waals surface area contributed by atoms with Crippen LogP contribution in [0.15, 0.2) is 45.0 Å². The summed E-state index contributed by atoms with van der Waals surface area (Å²) in [6, 6.07) is 9.33. The Bertz CT molecular complexity index is 954. The number of halogens is 1. The number of hydrogen-bond donors (Lipinski definition) is 3. The van der Waals surface area contributed by atoms with Crippen molar-refractivity contribution in [3.63, 3.8) is 0 Å². The molecule has 0 saturated carbocycles. The molecule has 110 valence electrons. The minimum atomic E-state index is -0.639. The Morgan fingerprint density at radius 3 is 2.77 bits per heavy atom. The largest absolute Gasteiger partial charge is 0.424 e. The predicted molar refractivity (Wildman–Crippen MR) is 85.7 cm³/mol. The number of aromatic amines is 2. The predicted octanol–water partition coefficient (Wildman–Crippen LogP) is 2.41. The number of nitrogens with one attached hydrogen (secondary N) is 2. The number of nitriles is 1. The summed E-state index contributed by atoms with van der Waals surface area (Å²) in [4.78, 5) is 17.6. The van der Waals surface area contributed by atoms with Gasteiger partial charge in [0, 0.05) is 4.47 Å².